The van der Waals surface area contributed by atoms with Crippen molar-refractivity contribution >= 4 is 5.97 Å². The fourth-order valence-corrected chi connectivity index (χ4v) is 1.37. The molecule has 17 heavy (non-hydrogen) atoms. The quantitative estimate of drug-likeness (QED) is 0.871. The fourth-order valence-electron chi connectivity index (χ4n) is 1.37. The van der Waals surface area contributed by atoms with Crippen LogP contribution in [0.5, 0.6) is 5.75 Å². The van der Waals surface area contributed by atoms with Crippen molar-refractivity contribution in [3.8, 4) is 17.0 Å². The Hall–Kier alpha value is -2.43. The highest BCUT2D eigenvalue weighted by atomic mass is 16.5. The second kappa shape index (κ2) is 4.61. The lowest BCUT2D eigenvalue weighted by molar-refractivity contribution is 0.0690. The van der Waals surface area contributed by atoms with Gasteiger partial charge in [0.05, 0.1) is 25.2 Å². The third-order valence-electron chi connectivity index (χ3n) is 2.24. The second-order valence-corrected chi connectivity index (χ2v) is 3.32. The highest BCUT2D eigenvalue weighted by Gasteiger charge is 2.07. The average molecular weight is 230 g/mol. The van der Waals surface area contributed by atoms with Crippen LogP contribution in [0, 0.1) is 0 Å². The zero-order chi connectivity index (χ0) is 12.3. The van der Waals surface area contributed by atoms with Crippen LogP contribution in [-0.2, 0) is 0 Å². The van der Waals surface area contributed by atoms with Gasteiger partial charge < -0.3 is 9.84 Å². The number of methoxy groups -OCH3 is 1. The van der Waals surface area contributed by atoms with E-state index in [4.69, 9.17) is 9.84 Å². The number of hydrogen-bond donors (Lipinski definition) is 1. The van der Waals surface area contributed by atoms with Gasteiger partial charge in [-0.2, -0.15) is 0 Å². The van der Waals surface area contributed by atoms with Crippen LogP contribution in [0.4, 0.5) is 0 Å². The van der Waals surface area contributed by atoms with Gasteiger partial charge in [0, 0.05) is 5.56 Å². The summed E-state index contributed by atoms with van der Waals surface area (Å²) in [6, 6.07) is 7.16. The topological polar surface area (TPSA) is 72.3 Å². The number of rotatable bonds is 3. The van der Waals surface area contributed by atoms with Crippen molar-refractivity contribution in [2.45, 2.75) is 0 Å². The number of ether oxygens (including phenoxy) is 1. The summed E-state index contributed by atoms with van der Waals surface area (Å²) in [5.74, 6) is -0.357. The minimum Gasteiger partial charge on any atom is -0.497 e. The van der Waals surface area contributed by atoms with Crippen molar-refractivity contribution < 1.29 is 14.6 Å². The molecular formula is C12H10N2O3. The molecule has 0 aliphatic heterocycles. The Labute approximate surface area is 97.7 Å². The molecule has 0 aliphatic rings. The van der Waals surface area contributed by atoms with E-state index in [9.17, 15) is 4.79 Å². The molecule has 2 aromatic rings. The second-order valence-electron chi connectivity index (χ2n) is 3.32. The van der Waals surface area contributed by atoms with Crippen LogP contribution in [0.1, 0.15) is 10.5 Å². The van der Waals surface area contributed by atoms with Gasteiger partial charge in [0.15, 0.2) is 5.69 Å². The maximum Gasteiger partial charge on any atom is 0.356 e. The molecule has 0 saturated carbocycles. The van der Waals surface area contributed by atoms with Gasteiger partial charge >= 0.3 is 5.97 Å². The van der Waals surface area contributed by atoms with Gasteiger partial charge in [-0.3, -0.25) is 4.98 Å². The lowest BCUT2D eigenvalue weighted by Gasteiger charge is -2.03. The van der Waals surface area contributed by atoms with Gasteiger partial charge in [-0.1, -0.05) is 0 Å². The zero-order valence-electron chi connectivity index (χ0n) is 9.12. The molecule has 0 amide bonds. The SMILES string of the molecule is COc1ccc(-c2cncc(C(=O)O)n2)cc1. The van der Waals surface area contributed by atoms with Crippen molar-refractivity contribution in [3.05, 3.63) is 42.4 Å². The Morgan fingerprint density at radius 2 is 1.94 bits per heavy atom. The normalized spacial score (nSPS) is 9.94. The number of carbonyl (C=O) groups is 1. The first-order valence-electron chi connectivity index (χ1n) is 4.90. The Bertz CT molecular complexity index is 538. The molecule has 1 aromatic carbocycles. The van der Waals surface area contributed by atoms with Crippen LogP contribution in [-0.4, -0.2) is 28.2 Å². The van der Waals surface area contributed by atoms with Crippen molar-refractivity contribution in [1.29, 1.82) is 0 Å². The molecule has 86 valence electrons. The van der Waals surface area contributed by atoms with Crippen LogP contribution in [0.2, 0.25) is 0 Å². The molecule has 0 spiro atoms. The Morgan fingerprint density at radius 3 is 2.53 bits per heavy atom. The molecule has 5 heteroatoms. The van der Waals surface area contributed by atoms with Crippen LogP contribution in [0.25, 0.3) is 11.3 Å². The van der Waals surface area contributed by atoms with Crippen molar-refractivity contribution in [2.24, 2.45) is 0 Å². The number of aromatic nitrogens is 2. The van der Waals surface area contributed by atoms with Crippen LogP contribution < -0.4 is 4.74 Å². The molecule has 0 atom stereocenters. The van der Waals surface area contributed by atoms with E-state index in [0.717, 1.165) is 11.3 Å². The molecule has 1 aromatic heterocycles. The third-order valence-corrected chi connectivity index (χ3v) is 2.24. The van der Waals surface area contributed by atoms with Gasteiger partial charge in [-0.05, 0) is 24.3 Å². The molecule has 1 N–H and O–H groups in total. The monoisotopic (exact) mass is 230 g/mol. The van der Waals surface area contributed by atoms with E-state index in [1.807, 2.05) is 0 Å². The summed E-state index contributed by atoms with van der Waals surface area (Å²) in [5, 5.41) is 8.82. The largest absolute Gasteiger partial charge is 0.497 e. The minimum atomic E-state index is -1.09. The maximum absolute atomic E-state index is 10.8. The van der Waals surface area contributed by atoms with E-state index in [2.05, 4.69) is 9.97 Å². The van der Waals surface area contributed by atoms with Gasteiger partial charge in [-0.15, -0.1) is 0 Å². The molecule has 0 unspecified atom stereocenters. The fraction of sp³-hybridized carbons (Fsp3) is 0.0833. The molecule has 0 aliphatic carbocycles. The van der Waals surface area contributed by atoms with Crippen molar-refractivity contribution in [1.82, 2.24) is 9.97 Å². The van der Waals surface area contributed by atoms with Crippen LogP contribution in [0.3, 0.4) is 0 Å². The Kier molecular flexibility index (Phi) is 3.00. The van der Waals surface area contributed by atoms with Crippen LogP contribution >= 0.6 is 0 Å². The third kappa shape index (κ3) is 2.39. The van der Waals surface area contributed by atoms with Gasteiger partial charge in [0.2, 0.25) is 0 Å². The Morgan fingerprint density at radius 1 is 1.24 bits per heavy atom. The van der Waals surface area contributed by atoms with E-state index in [0.29, 0.717) is 5.69 Å². The summed E-state index contributed by atoms with van der Waals surface area (Å²) in [5.41, 5.74) is 1.24. The summed E-state index contributed by atoms with van der Waals surface area (Å²) in [7, 11) is 1.58. The van der Waals surface area contributed by atoms with Gasteiger partial charge in [-0.25, -0.2) is 9.78 Å². The lowest BCUT2D eigenvalue weighted by atomic mass is 10.1. The summed E-state index contributed by atoms with van der Waals surface area (Å²) in [6.45, 7) is 0. The smallest absolute Gasteiger partial charge is 0.356 e. The first-order chi connectivity index (χ1) is 8.20. The molecule has 0 fully saturated rings. The molecule has 1 heterocycles. The molecule has 0 radical (unpaired) electrons. The van der Waals surface area contributed by atoms with Crippen molar-refractivity contribution in [2.75, 3.05) is 7.11 Å². The van der Waals surface area contributed by atoms with Crippen LogP contribution in [0.15, 0.2) is 36.7 Å². The number of carboxylic acid groups (broad SMARTS) is 1. The van der Waals surface area contributed by atoms with E-state index in [1.54, 1.807) is 31.4 Å². The predicted octanol–water partition coefficient (Wildman–Crippen LogP) is 1.85. The predicted molar refractivity (Wildman–Crippen MR) is 61.0 cm³/mol. The lowest BCUT2D eigenvalue weighted by Crippen LogP contribution is -2.01. The summed E-state index contributed by atoms with van der Waals surface area (Å²) >= 11 is 0. The first-order valence-corrected chi connectivity index (χ1v) is 4.90. The number of hydrogen-bond acceptors (Lipinski definition) is 4. The molecule has 0 saturated heterocycles. The summed E-state index contributed by atoms with van der Waals surface area (Å²) in [4.78, 5) is 18.6. The summed E-state index contributed by atoms with van der Waals surface area (Å²) < 4.78 is 5.04. The number of aromatic carboxylic acids is 1. The Balaban J connectivity index is 2.38. The highest BCUT2D eigenvalue weighted by Crippen LogP contribution is 2.19. The minimum absolute atomic E-state index is 0.0710. The number of carboxylic acids is 1. The van der Waals surface area contributed by atoms with E-state index in [-0.39, 0.29) is 5.69 Å². The number of benzene rings is 1. The van der Waals surface area contributed by atoms with E-state index in [1.165, 1.54) is 12.4 Å². The first kappa shape index (κ1) is 11.1. The van der Waals surface area contributed by atoms with E-state index >= 15 is 0 Å². The average Bonchev–Trinajstić information content (AvgIpc) is 2.39. The molecule has 0 bridgehead atoms. The van der Waals surface area contributed by atoms with Crippen molar-refractivity contribution in [3.63, 3.8) is 0 Å². The molecule has 5 nitrogen and oxygen atoms in total. The maximum atomic E-state index is 10.8. The molecular weight excluding hydrogens is 220 g/mol. The standard InChI is InChI=1S/C12H10N2O3/c1-17-9-4-2-8(3-5-9)10-6-13-7-11(14-10)12(15)16/h2-7H,1H3,(H,15,16). The zero-order valence-corrected chi connectivity index (χ0v) is 9.12. The van der Waals surface area contributed by atoms with Gasteiger partial charge in [0.25, 0.3) is 0 Å². The molecule has 2 rings (SSSR count). The van der Waals surface area contributed by atoms with Gasteiger partial charge in [0.1, 0.15) is 5.75 Å². The summed E-state index contributed by atoms with van der Waals surface area (Å²) in [6.07, 6.45) is 2.74. The number of nitrogens with zero attached hydrogens (tertiary/aromatic N) is 2. The highest BCUT2D eigenvalue weighted by molar-refractivity contribution is 5.85. The van der Waals surface area contributed by atoms with E-state index < -0.39 is 5.97 Å².